The number of benzene rings is 1. The van der Waals surface area contributed by atoms with Gasteiger partial charge in [0, 0.05) is 5.54 Å². The molecule has 0 saturated carbocycles. The van der Waals surface area contributed by atoms with E-state index >= 15 is 0 Å². The van der Waals surface area contributed by atoms with Crippen LogP contribution < -0.4 is 5.73 Å². The molecule has 0 saturated heterocycles. The van der Waals surface area contributed by atoms with Gasteiger partial charge in [-0.15, -0.1) is 0 Å². The van der Waals surface area contributed by atoms with Crippen LogP contribution in [-0.2, 0) is 12.8 Å². The second-order valence-corrected chi connectivity index (χ2v) is 8.51. The summed E-state index contributed by atoms with van der Waals surface area (Å²) in [6, 6.07) is 7.17. The highest BCUT2D eigenvalue weighted by atomic mass is 16.3. The van der Waals surface area contributed by atoms with Crippen molar-refractivity contribution in [1.82, 2.24) is 0 Å². The average Bonchev–Trinajstić information content (AvgIpc) is 2.79. The average molecular weight is 346 g/mol. The number of aliphatic hydroxyl groups is 1. The minimum absolute atomic E-state index is 0.0644. The van der Waals surface area contributed by atoms with E-state index in [-0.39, 0.29) is 6.61 Å². The number of hydrogen-bond donors (Lipinski definition) is 2. The zero-order chi connectivity index (χ0) is 18.1. The molecule has 25 heavy (non-hydrogen) atoms. The van der Waals surface area contributed by atoms with Crippen LogP contribution in [0.3, 0.4) is 0 Å². The summed E-state index contributed by atoms with van der Waals surface area (Å²) >= 11 is 0. The molecule has 1 aromatic carbocycles. The van der Waals surface area contributed by atoms with Gasteiger partial charge in [0.25, 0.3) is 0 Å². The molecule has 2 rings (SSSR count). The molecule has 3 N–H and O–H groups in total. The Morgan fingerprint density at radius 2 is 1.88 bits per heavy atom. The van der Waals surface area contributed by atoms with E-state index < -0.39 is 5.54 Å². The van der Waals surface area contributed by atoms with Crippen molar-refractivity contribution in [3.8, 4) is 0 Å². The predicted molar refractivity (Wildman–Crippen MR) is 108 cm³/mol. The van der Waals surface area contributed by atoms with Gasteiger partial charge < -0.3 is 10.8 Å². The van der Waals surface area contributed by atoms with Crippen molar-refractivity contribution < 1.29 is 5.11 Å². The second-order valence-electron chi connectivity index (χ2n) is 8.51. The molecule has 2 heteroatoms. The smallest absolute Gasteiger partial charge is 0.0608 e. The van der Waals surface area contributed by atoms with E-state index in [2.05, 4.69) is 25.1 Å². The maximum absolute atomic E-state index is 9.54. The van der Waals surface area contributed by atoms with Gasteiger partial charge in [0.2, 0.25) is 0 Å². The molecule has 142 valence electrons. The first kappa shape index (κ1) is 20.5. The molecule has 0 bridgehead atoms. The molecule has 0 fully saturated rings. The van der Waals surface area contributed by atoms with Crippen LogP contribution in [0.5, 0.6) is 0 Å². The van der Waals surface area contributed by atoms with Gasteiger partial charge in [-0.2, -0.15) is 0 Å². The Morgan fingerprint density at radius 1 is 1.12 bits per heavy atom. The first-order valence-electron chi connectivity index (χ1n) is 10.6. The van der Waals surface area contributed by atoms with Crippen LogP contribution in [0.4, 0.5) is 0 Å². The molecule has 2 nitrogen and oxygen atoms in total. The highest BCUT2D eigenvalue weighted by Gasteiger charge is 2.26. The van der Waals surface area contributed by atoms with Gasteiger partial charge in [0.05, 0.1) is 6.61 Å². The van der Waals surface area contributed by atoms with Gasteiger partial charge in [-0.3, -0.25) is 0 Å². The second kappa shape index (κ2) is 10.3. The summed E-state index contributed by atoms with van der Waals surface area (Å²) in [5, 5.41) is 9.54. The van der Waals surface area contributed by atoms with E-state index in [1.54, 1.807) is 5.56 Å². The highest BCUT2D eigenvalue weighted by Crippen LogP contribution is 2.36. The summed E-state index contributed by atoms with van der Waals surface area (Å²) in [6.45, 7) is 4.32. The fourth-order valence-corrected chi connectivity index (χ4v) is 4.24. The Morgan fingerprint density at radius 3 is 2.64 bits per heavy atom. The van der Waals surface area contributed by atoms with E-state index in [0.717, 1.165) is 6.42 Å². The Hall–Kier alpha value is -0.860. The lowest BCUT2D eigenvalue weighted by atomic mass is 9.82. The molecule has 0 aliphatic heterocycles. The molecule has 0 unspecified atom stereocenters. The minimum Gasteiger partial charge on any atom is -0.394 e. The number of aliphatic hydroxyl groups excluding tert-OH is 1. The lowest BCUT2D eigenvalue weighted by Gasteiger charge is -2.28. The third-order valence-corrected chi connectivity index (χ3v) is 5.79. The van der Waals surface area contributed by atoms with Crippen molar-refractivity contribution in [2.24, 2.45) is 5.73 Å². The summed E-state index contributed by atoms with van der Waals surface area (Å²) in [6.07, 6.45) is 15.2. The van der Waals surface area contributed by atoms with Crippen LogP contribution in [0.2, 0.25) is 0 Å². The fourth-order valence-electron chi connectivity index (χ4n) is 4.24. The molecule has 0 aromatic heterocycles. The Bertz CT molecular complexity index is 509. The first-order valence-corrected chi connectivity index (χ1v) is 10.6. The summed E-state index contributed by atoms with van der Waals surface area (Å²) in [5.41, 5.74) is 10.3. The molecule has 0 amide bonds. The quantitative estimate of drug-likeness (QED) is 0.434. The van der Waals surface area contributed by atoms with Crippen molar-refractivity contribution in [3.63, 3.8) is 0 Å². The monoisotopic (exact) mass is 345 g/mol. The van der Waals surface area contributed by atoms with E-state index in [9.17, 15) is 5.11 Å². The van der Waals surface area contributed by atoms with Crippen molar-refractivity contribution in [2.45, 2.75) is 102 Å². The van der Waals surface area contributed by atoms with Crippen molar-refractivity contribution in [3.05, 3.63) is 34.9 Å². The van der Waals surface area contributed by atoms with E-state index in [1.807, 2.05) is 6.92 Å². The lowest BCUT2D eigenvalue weighted by molar-refractivity contribution is 0.191. The van der Waals surface area contributed by atoms with Crippen LogP contribution in [0.25, 0.3) is 0 Å². The van der Waals surface area contributed by atoms with Gasteiger partial charge >= 0.3 is 0 Å². The Labute approximate surface area is 155 Å². The summed E-state index contributed by atoms with van der Waals surface area (Å²) in [4.78, 5) is 0. The van der Waals surface area contributed by atoms with Crippen molar-refractivity contribution in [1.29, 1.82) is 0 Å². The number of fused-ring (bicyclic) bond motifs is 1. The zero-order valence-electron chi connectivity index (χ0n) is 16.5. The number of unbranched alkanes of at least 4 members (excludes halogenated alkanes) is 5. The summed E-state index contributed by atoms with van der Waals surface area (Å²) in [7, 11) is 0. The summed E-state index contributed by atoms with van der Waals surface area (Å²) in [5.74, 6) is 0.503. The Balaban J connectivity index is 1.96. The zero-order valence-corrected chi connectivity index (χ0v) is 16.5. The molecule has 1 aliphatic rings. The van der Waals surface area contributed by atoms with Crippen LogP contribution >= 0.6 is 0 Å². The minimum atomic E-state index is -0.469. The summed E-state index contributed by atoms with van der Waals surface area (Å²) < 4.78 is 0. The van der Waals surface area contributed by atoms with Crippen LogP contribution in [-0.4, -0.2) is 17.3 Å². The number of nitrogens with two attached hydrogens (primary N) is 1. The largest absolute Gasteiger partial charge is 0.394 e. The maximum atomic E-state index is 9.54. The molecular weight excluding hydrogens is 306 g/mol. The third kappa shape index (κ3) is 6.75. The van der Waals surface area contributed by atoms with Crippen LogP contribution in [0.15, 0.2) is 18.2 Å². The van der Waals surface area contributed by atoms with Gasteiger partial charge in [0.1, 0.15) is 0 Å². The van der Waals surface area contributed by atoms with Crippen LogP contribution in [0.1, 0.15) is 101 Å². The van der Waals surface area contributed by atoms with Crippen molar-refractivity contribution >= 4 is 0 Å². The molecule has 2 atom stereocenters. The molecule has 0 heterocycles. The Kier molecular flexibility index (Phi) is 8.45. The van der Waals surface area contributed by atoms with Crippen LogP contribution in [0, 0.1) is 0 Å². The van der Waals surface area contributed by atoms with E-state index in [1.165, 1.54) is 81.8 Å². The third-order valence-electron chi connectivity index (χ3n) is 5.79. The fraction of sp³-hybridized carbons (Fsp3) is 0.739. The standard InChI is InChI=1S/C23H39NO/c1-3-4-5-6-7-8-11-19-14-15-22-20(16-19)12-9-10-13-21(22)17-23(2,24)18-25/h14-16,21,25H,3-13,17-18,24H2,1-2H3/t21-,23+/m1/s1. The first-order chi connectivity index (χ1) is 12.1. The SMILES string of the molecule is CCCCCCCCc1ccc2c(c1)CCCC[C@@H]2C[C@](C)(N)CO. The highest BCUT2D eigenvalue weighted by molar-refractivity contribution is 5.36. The van der Waals surface area contributed by atoms with Crippen molar-refractivity contribution in [2.75, 3.05) is 6.61 Å². The molecule has 0 spiro atoms. The lowest BCUT2D eigenvalue weighted by Crippen LogP contribution is -2.41. The van der Waals surface area contributed by atoms with E-state index in [4.69, 9.17) is 5.73 Å². The normalized spacial score (nSPS) is 19.9. The molecule has 1 aromatic rings. The predicted octanol–water partition coefficient (Wildman–Crippen LogP) is 5.50. The van der Waals surface area contributed by atoms with Gasteiger partial charge in [-0.1, -0.05) is 63.6 Å². The van der Waals surface area contributed by atoms with E-state index in [0.29, 0.717) is 5.92 Å². The molecular formula is C23H39NO. The number of aryl methyl sites for hydroxylation is 2. The van der Waals surface area contributed by atoms with Gasteiger partial charge in [0.15, 0.2) is 0 Å². The number of hydrogen-bond acceptors (Lipinski definition) is 2. The van der Waals surface area contributed by atoms with Gasteiger partial charge in [-0.25, -0.2) is 0 Å². The topological polar surface area (TPSA) is 46.2 Å². The van der Waals surface area contributed by atoms with Gasteiger partial charge in [-0.05, 0) is 68.1 Å². The number of rotatable bonds is 10. The molecule has 1 aliphatic carbocycles. The molecule has 0 radical (unpaired) electrons. The maximum Gasteiger partial charge on any atom is 0.0608 e.